The molecule has 2 amide bonds. The molecule has 8 nitrogen and oxygen atoms in total. The Labute approximate surface area is 172 Å². The van der Waals surface area contributed by atoms with Crippen molar-refractivity contribution in [2.45, 2.75) is 0 Å². The number of anilines is 1. The molecule has 1 aromatic heterocycles. The van der Waals surface area contributed by atoms with Gasteiger partial charge in [0, 0.05) is 69.0 Å². The summed E-state index contributed by atoms with van der Waals surface area (Å²) in [5.41, 5.74) is 0.797. The van der Waals surface area contributed by atoms with E-state index in [2.05, 4.69) is 0 Å². The second kappa shape index (κ2) is 8.87. The fourth-order valence-electron chi connectivity index (χ4n) is 3.14. The van der Waals surface area contributed by atoms with Crippen LogP contribution in [0.2, 0.25) is 0 Å². The summed E-state index contributed by atoms with van der Waals surface area (Å²) in [5.74, 6) is -0.353. The molecule has 0 unspecified atom stereocenters. The molecular weight excluding hydrogens is 392 g/mol. The van der Waals surface area contributed by atoms with Crippen molar-refractivity contribution in [2.75, 3.05) is 45.2 Å². The maximum Gasteiger partial charge on any atom is 0.270 e. The number of benzene rings is 1. The number of nitro benzene ring substituents is 1. The van der Waals surface area contributed by atoms with E-state index in [4.69, 9.17) is 0 Å². The molecule has 2 heterocycles. The van der Waals surface area contributed by atoms with Crippen LogP contribution in [0.5, 0.6) is 0 Å². The lowest BCUT2D eigenvalue weighted by Gasteiger charge is -2.34. The molecule has 0 N–H and O–H groups in total. The average molecular weight is 414 g/mol. The van der Waals surface area contributed by atoms with E-state index in [0.717, 1.165) is 4.88 Å². The maximum atomic E-state index is 13.0. The number of amides is 2. The summed E-state index contributed by atoms with van der Waals surface area (Å²) in [6.45, 7) is 1.61. The van der Waals surface area contributed by atoms with Crippen molar-refractivity contribution >= 4 is 40.6 Å². The monoisotopic (exact) mass is 414 g/mol. The van der Waals surface area contributed by atoms with Crippen LogP contribution in [0, 0.1) is 10.1 Å². The molecule has 9 heteroatoms. The molecule has 152 valence electrons. The third kappa shape index (κ3) is 4.80. The van der Waals surface area contributed by atoms with Crippen LogP contribution in [0.3, 0.4) is 0 Å². The number of carbonyl (C=O) groups excluding carboxylic acids is 2. The van der Waals surface area contributed by atoms with Gasteiger partial charge in [-0.15, -0.1) is 11.3 Å². The van der Waals surface area contributed by atoms with Crippen molar-refractivity contribution in [1.82, 2.24) is 9.80 Å². The lowest BCUT2D eigenvalue weighted by molar-refractivity contribution is -0.384. The summed E-state index contributed by atoms with van der Waals surface area (Å²) in [6, 6.07) is 8.16. The predicted octanol–water partition coefficient (Wildman–Crippen LogP) is 2.72. The van der Waals surface area contributed by atoms with E-state index in [1.165, 1.54) is 12.1 Å². The van der Waals surface area contributed by atoms with Gasteiger partial charge in [0.2, 0.25) is 5.91 Å². The van der Waals surface area contributed by atoms with E-state index in [1.54, 1.807) is 58.4 Å². The number of piperazine rings is 1. The molecule has 1 aromatic carbocycles. The molecule has 0 spiro atoms. The first-order valence-corrected chi connectivity index (χ1v) is 10.0. The van der Waals surface area contributed by atoms with E-state index < -0.39 is 4.92 Å². The largest absolute Gasteiger partial charge is 0.377 e. The van der Waals surface area contributed by atoms with E-state index in [9.17, 15) is 19.7 Å². The number of non-ortho nitro benzene ring substituents is 1. The van der Waals surface area contributed by atoms with Gasteiger partial charge in [-0.3, -0.25) is 19.7 Å². The standard InChI is InChI=1S/C20H22N4O4S/c1-21(2)18-7-5-15(24(27)28)14-17(18)20(26)23-11-9-22(10-12-23)19(25)8-6-16-4-3-13-29-16/h3-8,13-14H,9-12H2,1-2H3/b8-6+. The van der Waals surface area contributed by atoms with Crippen molar-refractivity contribution in [3.63, 3.8) is 0 Å². The first kappa shape index (κ1) is 20.5. The maximum absolute atomic E-state index is 13.0. The molecule has 1 aliphatic rings. The first-order chi connectivity index (χ1) is 13.9. The Hall–Kier alpha value is -3.20. The minimum atomic E-state index is -0.507. The van der Waals surface area contributed by atoms with Gasteiger partial charge in [-0.2, -0.15) is 0 Å². The van der Waals surface area contributed by atoms with Gasteiger partial charge >= 0.3 is 0 Å². The number of hydrogen-bond acceptors (Lipinski definition) is 6. The molecular formula is C20H22N4O4S. The molecule has 0 bridgehead atoms. The molecule has 0 aliphatic carbocycles. The highest BCUT2D eigenvalue weighted by molar-refractivity contribution is 7.10. The van der Waals surface area contributed by atoms with Crippen LogP contribution in [0.25, 0.3) is 6.08 Å². The van der Waals surface area contributed by atoms with Crippen molar-refractivity contribution in [2.24, 2.45) is 0 Å². The number of nitrogens with zero attached hydrogens (tertiary/aromatic N) is 4. The lowest BCUT2D eigenvalue weighted by Crippen LogP contribution is -2.50. The van der Waals surface area contributed by atoms with E-state index in [-0.39, 0.29) is 17.5 Å². The van der Waals surface area contributed by atoms with Crippen molar-refractivity contribution < 1.29 is 14.5 Å². The smallest absolute Gasteiger partial charge is 0.270 e. The predicted molar refractivity (Wildman–Crippen MR) is 113 cm³/mol. The van der Waals surface area contributed by atoms with Gasteiger partial charge in [-0.05, 0) is 23.6 Å². The summed E-state index contributed by atoms with van der Waals surface area (Å²) in [7, 11) is 3.57. The van der Waals surface area contributed by atoms with Gasteiger partial charge in [-0.1, -0.05) is 6.07 Å². The number of nitro groups is 1. The van der Waals surface area contributed by atoms with Gasteiger partial charge in [0.25, 0.3) is 11.6 Å². The lowest BCUT2D eigenvalue weighted by atomic mass is 10.1. The highest BCUT2D eigenvalue weighted by Gasteiger charge is 2.27. The van der Waals surface area contributed by atoms with Crippen LogP contribution in [0.1, 0.15) is 15.2 Å². The molecule has 0 radical (unpaired) electrons. The Kier molecular flexibility index (Phi) is 6.28. The van der Waals surface area contributed by atoms with Crippen LogP contribution in [0.15, 0.2) is 41.8 Å². The van der Waals surface area contributed by atoms with E-state index >= 15 is 0 Å². The Morgan fingerprint density at radius 3 is 2.41 bits per heavy atom. The average Bonchev–Trinajstić information content (AvgIpc) is 3.24. The van der Waals surface area contributed by atoms with Gasteiger partial charge in [0.15, 0.2) is 0 Å². The van der Waals surface area contributed by atoms with Crippen LogP contribution >= 0.6 is 11.3 Å². The number of rotatable bonds is 5. The van der Waals surface area contributed by atoms with Crippen LogP contribution in [-0.2, 0) is 4.79 Å². The SMILES string of the molecule is CN(C)c1ccc([N+](=O)[O-])cc1C(=O)N1CCN(C(=O)/C=C/c2cccs2)CC1. The summed E-state index contributed by atoms with van der Waals surface area (Å²) in [6.07, 6.45) is 3.34. The minimum Gasteiger partial charge on any atom is -0.377 e. The van der Waals surface area contributed by atoms with Gasteiger partial charge < -0.3 is 14.7 Å². The number of thiophene rings is 1. The minimum absolute atomic E-state index is 0.0881. The zero-order chi connectivity index (χ0) is 21.0. The fourth-order valence-corrected chi connectivity index (χ4v) is 3.76. The van der Waals surface area contributed by atoms with Gasteiger partial charge in [0.1, 0.15) is 0 Å². The van der Waals surface area contributed by atoms with Crippen LogP contribution in [0.4, 0.5) is 11.4 Å². The molecule has 2 aromatic rings. The summed E-state index contributed by atoms with van der Waals surface area (Å²) in [4.78, 5) is 42.1. The molecule has 3 rings (SSSR count). The molecule has 29 heavy (non-hydrogen) atoms. The van der Waals surface area contributed by atoms with Crippen molar-refractivity contribution in [3.05, 3.63) is 62.3 Å². The summed E-state index contributed by atoms with van der Waals surface area (Å²) < 4.78 is 0. The van der Waals surface area contributed by atoms with Crippen molar-refractivity contribution in [1.29, 1.82) is 0 Å². The quantitative estimate of drug-likeness (QED) is 0.427. The highest BCUT2D eigenvalue weighted by atomic mass is 32.1. The zero-order valence-electron chi connectivity index (χ0n) is 16.3. The molecule has 0 saturated carbocycles. The Morgan fingerprint density at radius 1 is 1.14 bits per heavy atom. The molecule has 0 atom stereocenters. The third-order valence-corrected chi connectivity index (χ3v) is 5.55. The molecule has 1 fully saturated rings. The Bertz CT molecular complexity index is 932. The van der Waals surface area contributed by atoms with Crippen LogP contribution in [-0.4, -0.2) is 66.8 Å². The zero-order valence-corrected chi connectivity index (χ0v) is 17.1. The Morgan fingerprint density at radius 2 is 1.83 bits per heavy atom. The summed E-state index contributed by atoms with van der Waals surface area (Å²) >= 11 is 1.56. The number of hydrogen-bond donors (Lipinski definition) is 0. The van der Waals surface area contributed by atoms with E-state index in [0.29, 0.717) is 37.4 Å². The number of carbonyl (C=O) groups is 2. The van der Waals surface area contributed by atoms with Crippen LogP contribution < -0.4 is 4.90 Å². The van der Waals surface area contributed by atoms with E-state index in [1.807, 2.05) is 17.5 Å². The first-order valence-electron chi connectivity index (χ1n) is 9.12. The Balaban J connectivity index is 1.68. The van der Waals surface area contributed by atoms with Gasteiger partial charge in [0.05, 0.1) is 10.5 Å². The normalized spacial score (nSPS) is 14.3. The molecule has 1 saturated heterocycles. The highest BCUT2D eigenvalue weighted by Crippen LogP contribution is 2.26. The van der Waals surface area contributed by atoms with Crippen molar-refractivity contribution in [3.8, 4) is 0 Å². The third-order valence-electron chi connectivity index (χ3n) is 4.72. The second-order valence-electron chi connectivity index (χ2n) is 6.82. The molecule has 1 aliphatic heterocycles. The summed E-state index contributed by atoms with van der Waals surface area (Å²) in [5, 5.41) is 13.1. The van der Waals surface area contributed by atoms with Gasteiger partial charge in [-0.25, -0.2) is 0 Å². The topological polar surface area (TPSA) is 87.0 Å². The second-order valence-corrected chi connectivity index (χ2v) is 7.80. The fraction of sp³-hybridized carbons (Fsp3) is 0.300.